The number of hydrogen-bond acceptors (Lipinski definition) is 4. The number of rotatable bonds is 6. The molecule has 6 nitrogen and oxygen atoms in total. The number of sulfonamides is 1. The summed E-state index contributed by atoms with van der Waals surface area (Å²) in [6, 6.07) is 9.81. The number of hydrogen-bond donors (Lipinski definition) is 1. The molecule has 8 heteroatoms. The molecule has 0 aromatic heterocycles. The first kappa shape index (κ1) is 18.9. The van der Waals surface area contributed by atoms with E-state index in [2.05, 4.69) is 5.32 Å². The van der Waals surface area contributed by atoms with Crippen LogP contribution in [0.1, 0.15) is 17.3 Å². The van der Waals surface area contributed by atoms with Gasteiger partial charge in [-0.1, -0.05) is 12.1 Å². The second kappa shape index (κ2) is 7.62. The number of amides is 1. The van der Waals surface area contributed by atoms with Gasteiger partial charge in [-0.2, -0.15) is 0 Å². The third kappa shape index (κ3) is 4.15. The minimum atomic E-state index is -3.78. The standard InChI is InChI=1S/C17H19FN2O4S/c1-4-24-16-8-6-5-7-15(16)19-17(21)13-11-12(9-10-14(13)18)25(22,23)20(2)3/h5-11H,4H2,1-3H3,(H,19,21). The van der Waals surface area contributed by atoms with Gasteiger partial charge in [0.1, 0.15) is 11.6 Å². The van der Waals surface area contributed by atoms with Gasteiger partial charge in [0.25, 0.3) is 5.91 Å². The molecule has 0 aliphatic heterocycles. The van der Waals surface area contributed by atoms with Crippen LogP contribution < -0.4 is 10.1 Å². The zero-order valence-electron chi connectivity index (χ0n) is 14.1. The molecule has 0 bridgehead atoms. The molecule has 0 saturated heterocycles. The van der Waals surface area contributed by atoms with Crippen LogP contribution in [0.4, 0.5) is 10.1 Å². The van der Waals surface area contributed by atoms with Crippen molar-refractivity contribution >= 4 is 21.6 Å². The van der Waals surface area contributed by atoms with Crippen LogP contribution in [-0.2, 0) is 10.0 Å². The van der Waals surface area contributed by atoms with Crippen LogP contribution in [0.25, 0.3) is 0 Å². The number of benzene rings is 2. The van der Waals surface area contributed by atoms with Gasteiger partial charge in [-0.15, -0.1) is 0 Å². The number of nitrogens with one attached hydrogen (secondary N) is 1. The van der Waals surface area contributed by atoms with Crippen molar-refractivity contribution in [2.24, 2.45) is 0 Å². The van der Waals surface area contributed by atoms with Gasteiger partial charge in [0, 0.05) is 14.1 Å². The fourth-order valence-corrected chi connectivity index (χ4v) is 3.02. The summed E-state index contributed by atoms with van der Waals surface area (Å²) in [5.74, 6) is -1.14. The lowest BCUT2D eigenvalue weighted by atomic mass is 10.2. The summed E-state index contributed by atoms with van der Waals surface area (Å²) >= 11 is 0. The Kier molecular flexibility index (Phi) is 5.76. The van der Waals surface area contributed by atoms with Crippen LogP contribution in [0.15, 0.2) is 47.4 Å². The predicted octanol–water partition coefficient (Wildman–Crippen LogP) is 2.73. The predicted molar refractivity (Wildman–Crippen MR) is 92.8 cm³/mol. The van der Waals surface area contributed by atoms with E-state index in [1.807, 2.05) is 0 Å². The minimum absolute atomic E-state index is 0.165. The first-order chi connectivity index (χ1) is 11.8. The van der Waals surface area contributed by atoms with E-state index in [4.69, 9.17) is 4.74 Å². The van der Waals surface area contributed by atoms with E-state index < -0.39 is 21.7 Å². The highest BCUT2D eigenvalue weighted by atomic mass is 32.2. The molecule has 0 radical (unpaired) electrons. The van der Waals surface area contributed by atoms with E-state index in [0.717, 1.165) is 22.5 Å². The third-order valence-corrected chi connectivity index (χ3v) is 5.21. The Hall–Kier alpha value is -2.45. The summed E-state index contributed by atoms with van der Waals surface area (Å²) < 4.78 is 44.8. The maximum atomic E-state index is 14.1. The molecule has 0 heterocycles. The van der Waals surface area contributed by atoms with Crippen molar-refractivity contribution in [3.8, 4) is 5.75 Å². The average Bonchev–Trinajstić information content (AvgIpc) is 2.56. The van der Waals surface area contributed by atoms with Gasteiger partial charge in [0.05, 0.1) is 22.8 Å². The van der Waals surface area contributed by atoms with Crippen molar-refractivity contribution in [3.05, 3.63) is 53.8 Å². The summed E-state index contributed by atoms with van der Waals surface area (Å²) in [5.41, 5.74) is 0.00356. The number of anilines is 1. The van der Waals surface area contributed by atoms with Crippen molar-refractivity contribution < 1.29 is 22.3 Å². The molecular weight excluding hydrogens is 347 g/mol. The van der Waals surface area contributed by atoms with E-state index in [9.17, 15) is 17.6 Å². The van der Waals surface area contributed by atoms with Gasteiger partial charge >= 0.3 is 0 Å². The Labute approximate surface area is 146 Å². The van der Waals surface area contributed by atoms with Crippen LogP contribution in [0, 0.1) is 5.82 Å². The quantitative estimate of drug-likeness (QED) is 0.853. The Morgan fingerprint density at radius 2 is 1.88 bits per heavy atom. The average molecular weight is 366 g/mol. The second-order valence-corrected chi connectivity index (χ2v) is 7.46. The highest BCUT2D eigenvalue weighted by Gasteiger charge is 2.22. The zero-order valence-corrected chi connectivity index (χ0v) is 14.9. The molecule has 25 heavy (non-hydrogen) atoms. The van der Waals surface area contributed by atoms with Gasteiger partial charge in [-0.05, 0) is 37.3 Å². The summed E-state index contributed by atoms with van der Waals surface area (Å²) in [7, 11) is -1.06. The highest BCUT2D eigenvalue weighted by molar-refractivity contribution is 7.89. The van der Waals surface area contributed by atoms with Crippen LogP contribution in [-0.4, -0.2) is 39.3 Å². The third-order valence-electron chi connectivity index (χ3n) is 3.40. The first-order valence-electron chi connectivity index (χ1n) is 7.52. The van der Waals surface area contributed by atoms with Crippen molar-refractivity contribution in [2.75, 3.05) is 26.0 Å². The van der Waals surface area contributed by atoms with E-state index in [1.54, 1.807) is 31.2 Å². The molecular formula is C17H19FN2O4S. The minimum Gasteiger partial charge on any atom is -0.492 e. The Morgan fingerprint density at radius 3 is 2.52 bits per heavy atom. The van der Waals surface area contributed by atoms with E-state index in [-0.39, 0.29) is 10.5 Å². The number of para-hydroxylation sites is 2. The Bertz CT molecular complexity index is 882. The van der Waals surface area contributed by atoms with E-state index in [1.165, 1.54) is 14.1 Å². The van der Waals surface area contributed by atoms with Gasteiger partial charge < -0.3 is 10.1 Å². The number of halogens is 1. The lowest BCUT2D eigenvalue weighted by Gasteiger charge is -2.14. The summed E-state index contributed by atoms with van der Waals surface area (Å²) in [4.78, 5) is 12.3. The second-order valence-electron chi connectivity index (χ2n) is 5.31. The maximum Gasteiger partial charge on any atom is 0.258 e. The highest BCUT2D eigenvalue weighted by Crippen LogP contribution is 2.25. The number of carbonyl (C=O) groups excluding carboxylic acids is 1. The monoisotopic (exact) mass is 366 g/mol. The summed E-state index contributed by atoms with van der Waals surface area (Å²) in [5, 5.41) is 2.55. The molecule has 0 unspecified atom stereocenters. The molecule has 0 spiro atoms. The van der Waals surface area contributed by atoms with Gasteiger partial charge in [-0.25, -0.2) is 17.1 Å². The molecule has 0 aliphatic rings. The molecule has 134 valence electrons. The van der Waals surface area contributed by atoms with E-state index >= 15 is 0 Å². The topological polar surface area (TPSA) is 75.7 Å². The van der Waals surface area contributed by atoms with Crippen molar-refractivity contribution in [1.29, 1.82) is 0 Å². The van der Waals surface area contributed by atoms with E-state index in [0.29, 0.717) is 18.0 Å². The van der Waals surface area contributed by atoms with Crippen LogP contribution >= 0.6 is 0 Å². The van der Waals surface area contributed by atoms with Gasteiger partial charge in [-0.3, -0.25) is 4.79 Å². The molecule has 0 atom stereocenters. The van der Waals surface area contributed by atoms with Crippen LogP contribution in [0.3, 0.4) is 0 Å². The van der Waals surface area contributed by atoms with Crippen molar-refractivity contribution in [2.45, 2.75) is 11.8 Å². The molecule has 2 aromatic rings. The Balaban J connectivity index is 2.37. The molecule has 0 fully saturated rings. The van der Waals surface area contributed by atoms with Crippen LogP contribution in [0.5, 0.6) is 5.75 Å². The molecule has 0 aliphatic carbocycles. The smallest absolute Gasteiger partial charge is 0.258 e. The normalized spacial score (nSPS) is 11.4. The molecule has 2 rings (SSSR count). The SMILES string of the molecule is CCOc1ccccc1NC(=O)c1cc(S(=O)(=O)N(C)C)ccc1F. The number of ether oxygens (including phenoxy) is 1. The largest absolute Gasteiger partial charge is 0.492 e. The number of nitrogens with zero attached hydrogens (tertiary/aromatic N) is 1. The lowest BCUT2D eigenvalue weighted by molar-refractivity contribution is 0.102. The fraction of sp³-hybridized carbons (Fsp3) is 0.235. The van der Waals surface area contributed by atoms with Gasteiger partial charge in [0.2, 0.25) is 10.0 Å². The van der Waals surface area contributed by atoms with Crippen molar-refractivity contribution in [1.82, 2.24) is 4.31 Å². The lowest BCUT2D eigenvalue weighted by Crippen LogP contribution is -2.23. The molecule has 2 aromatic carbocycles. The summed E-state index contributed by atoms with van der Waals surface area (Å²) in [6.07, 6.45) is 0. The van der Waals surface area contributed by atoms with Gasteiger partial charge in [0.15, 0.2) is 0 Å². The summed E-state index contributed by atoms with van der Waals surface area (Å²) in [6.45, 7) is 2.20. The molecule has 1 N–H and O–H groups in total. The Morgan fingerprint density at radius 1 is 1.20 bits per heavy atom. The first-order valence-corrected chi connectivity index (χ1v) is 8.96. The van der Waals surface area contributed by atoms with Crippen molar-refractivity contribution in [3.63, 3.8) is 0 Å². The molecule has 1 amide bonds. The molecule has 0 saturated carbocycles. The number of carbonyl (C=O) groups is 1. The van der Waals surface area contributed by atoms with Crippen LogP contribution in [0.2, 0.25) is 0 Å². The fourth-order valence-electron chi connectivity index (χ4n) is 2.09. The maximum absolute atomic E-state index is 14.1. The zero-order chi connectivity index (χ0) is 18.6.